The minimum absolute atomic E-state index is 0.279. The lowest BCUT2D eigenvalue weighted by atomic mass is 10.00. The van der Waals surface area contributed by atoms with Crippen LogP contribution >= 0.6 is 0 Å². The second-order valence-electron chi connectivity index (χ2n) is 4.28. The van der Waals surface area contributed by atoms with Crippen LogP contribution in [-0.4, -0.2) is 36.5 Å². The zero-order valence-electron chi connectivity index (χ0n) is 8.70. The van der Waals surface area contributed by atoms with E-state index in [1.165, 1.54) is 6.42 Å². The summed E-state index contributed by atoms with van der Waals surface area (Å²) in [5.74, 6) is 0.977. The smallest absolute Gasteiger partial charge is 0.226 e. The average molecular weight is 194 g/mol. The SMILES string of the molecule is CC=CCC(=O)N1C[C@@H]2CN[C@@H](C2)C1. The number of carbonyl (C=O) groups excluding carboxylic acids is 1. The van der Waals surface area contributed by atoms with Gasteiger partial charge in [-0.3, -0.25) is 4.79 Å². The Kier molecular flexibility index (Phi) is 2.87. The number of hydrogen-bond acceptors (Lipinski definition) is 2. The summed E-state index contributed by atoms with van der Waals surface area (Å²) >= 11 is 0. The van der Waals surface area contributed by atoms with Crippen LogP contribution in [0.1, 0.15) is 19.8 Å². The summed E-state index contributed by atoms with van der Waals surface area (Å²) in [5.41, 5.74) is 0. The van der Waals surface area contributed by atoms with Crippen LogP contribution in [0.3, 0.4) is 0 Å². The first-order valence-corrected chi connectivity index (χ1v) is 5.42. The lowest BCUT2D eigenvalue weighted by Crippen LogP contribution is -2.44. The summed E-state index contributed by atoms with van der Waals surface area (Å²) < 4.78 is 0. The van der Waals surface area contributed by atoms with E-state index in [0.717, 1.165) is 19.6 Å². The van der Waals surface area contributed by atoms with Crippen molar-refractivity contribution in [2.24, 2.45) is 5.92 Å². The van der Waals surface area contributed by atoms with E-state index in [4.69, 9.17) is 0 Å². The summed E-state index contributed by atoms with van der Waals surface area (Å²) in [6.07, 6.45) is 5.70. The number of rotatable bonds is 2. The highest BCUT2D eigenvalue weighted by molar-refractivity contribution is 5.77. The van der Waals surface area contributed by atoms with Crippen LogP contribution in [0, 0.1) is 5.92 Å². The molecule has 2 saturated heterocycles. The highest BCUT2D eigenvalue weighted by Crippen LogP contribution is 2.22. The number of likely N-dealkylation sites (tertiary alicyclic amines) is 1. The Labute approximate surface area is 85.2 Å². The van der Waals surface area contributed by atoms with E-state index in [0.29, 0.717) is 18.4 Å². The van der Waals surface area contributed by atoms with Gasteiger partial charge in [0.05, 0.1) is 0 Å². The standard InChI is InChI=1S/C11H18N2O/c1-2-3-4-11(14)13-7-9-5-10(8-13)12-6-9/h2-3,9-10,12H,4-8H2,1H3/t9-,10-/m0/s1. The fourth-order valence-electron chi connectivity index (χ4n) is 2.38. The molecule has 2 rings (SSSR count). The van der Waals surface area contributed by atoms with Gasteiger partial charge >= 0.3 is 0 Å². The number of hydrogen-bond donors (Lipinski definition) is 1. The van der Waals surface area contributed by atoms with Gasteiger partial charge in [0.2, 0.25) is 5.91 Å². The van der Waals surface area contributed by atoms with Crippen LogP contribution in [0.25, 0.3) is 0 Å². The van der Waals surface area contributed by atoms with Gasteiger partial charge < -0.3 is 10.2 Å². The predicted molar refractivity (Wildman–Crippen MR) is 55.9 cm³/mol. The van der Waals surface area contributed by atoms with E-state index in [-0.39, 0.29) is 5.91 Å². The molecule has 0 radical (unpaired) electrons. The van der Waals surface area contributed by atoms with Crippen LogP contribution in [0.5, 0.6) is 0 Å². The maximum absolute atomic E-state index is 11.7. The molecule has 0 aliphatic carbocycles. The molecule has 2 aliphatic rings. The molecule has 2 fully saturated rings. The molecule has 0 unspecified atom stereocenters. The normalized spacial score (nSPS) is 31.4. The monoisotopic (exact) mass is 194 g/mol. The van der Waals surface area contributed by atoms with Crippen molar-refractivity contribution in [1.82, 2.24) is 10.2 Å². The molecule has 3 nitrogen and oxygen atoms in total. The first-order valence-electron chi connectivity index (χ1n) is 5.42. The Hall–Kier alpha value is -0.830. The maximum atomic E-state index is 11.7. The molecule has 0 saturated carbocycles. The van der Waals surface area contributed by atoms with Crippen molar-refractivity contribution < 1.29 is 4.79 Å². The number of piperidine rings is 1. The minimum atomic E-state index is 0.279. The number of fused-ring (bicyclic) bond motifs is 2. The van der Waals surface area contributed by atoms with Gasteiger partial charge in [0, 0.05) is 32.1 Å². The van der Waals surface area contributed by atoms with Gasteiger partial charge in [0.1, 0.15) is 0 Å². The lowest BCUT2D eigenvalue weighted by molar-refractivity contribution is -0.131. The van der Waals surface area contributed by atoms with Crippen LogP contribution < -0.4 is 5.32 Å². The fraction of sp³-hybridized carbons (Fsp3) is 0.727. The van der Waals surface area contributed by atoms with Crippen LogP contribution in [-0.2, 0) is 4.79 Å². The van der Waals surface area contributed by atoms with Crippen molar-refractivity contribution in [3.8, 4) is 0 Å². The molecule has 1 N–H and O–H groups in total. The number of carbonyl (C=O) groups is 1. The van der Waals surface area contributed by atoms with E-state index in [2.05, 4.69) is 5.32 Å². The molecular weight excluding hydrogens is 176 g/mol. The van der Waals surface area contributed by atoms with E-state index in [1.807, 2.05) is 24.0 Å². The molecule has 3 heteroatoms. The van der Waals surface area contributed by atoms with Crippen LogP contribution in [0.15, 0.2) is 12.2 Å². The summed E-state index contributed by atoms with van der Waals surface area (Å²) in [6, 6.07) is 0.559. The van der Waals surface area contributed by atoms with Gasteiger partial charge in [-0.25, -0.2) is 0 Å². The third-order valence-corrected chi connectivity index (χ3v) is 3.11. The highest BCUT2D eigenvalue weighted by Gasteiger charge is 2.33. The molecule has 0 aromatic heterocycles. The molecule has 0 aromatic carbocycles. The van der Waals surface area contributed by atoms with Crippen LogP contribution in [0.4, 0.5) is 0 Å². The summed E-state index contributed by atoms with van der Waals surface area (Å²) in [6.45, 7) is 4.92. The Balaban J connectivity index is 1.89. The molecule has 78 valence electrons. The fourth-order valence-corrected chi connectivity index (χ4v) is 2.38. The Morgan fingerprint density at radius 1 is 1.57 bits per heavy atom. The van der Waals surface area contributed by atoms with Gasteiger partial charge in [0.25, 0.3) is 0 Å². The zero-order valence-corrected chi connectivity index (χ0v) is 8.70. The lowest BCUT2D eigenvalue weighted by Gasteiger charge is -2.30. The minimum Gasteiger partial charge on any atom is -0.341 e. The van der Waals surface area contributed by atoms with E-state index in [1.54, 1.807) is 0 Å². The van der Waals surface area contributed by atoms with E-state index in [9.17, 15) is 4.79 Å². The Morgan fingerprint density at radius 2 is 2.43 bits per heavy atom. The molecule has 2 aliphatic heterocycles. The van der Waals surface area contributed by atoms with Gasteiger partial charge in [-0.15, -0.1) is 0 Å². The third kappa shape index (κ3) is 1.98. The van der Waals surface area contributed by atoms with Gasteiger partial charge in [0.15, 0.2) is 0 Å². The molecule has 0 spiro atoms. The van der Waals surface area contributed by atoms with Crippen molar-refractivity contribution in [3.05, 3.63) is 12.2 Å². The van der Waals surface area contributed by atoms with E-state index >= 15 is 0 Å². The van der Waals surface area contributed by atoms with Crippen molar-refractivity contribution >= 4 is 5.91 Å². The van der Waals surface area contributed by atoms with Crippen molar-refractivity contribution in [3.63, 3.8) is 0 Å². The highest BCUT2D eigenvalue weighted by atomic mass is 16.2. The second-order valence-corrected chi connectivity index (χ2v) is 4.28. The van der Waals surface area contributed by atoms with Crippen molar-refractivity contribution in [1.29, 1.82) is 0 Å². The molecule has 2 atom stereocenters. The number of nitrogens with zero attached hydrogens (tertiary/aromatic N) is 1. The Morgan fingerprint density at radius 3 is 3.14 bits per heavy atom. The zero-order chi connectivity index (χ0) is 9.97. The quantitative estimate of drug-likeness (QED) is 0.659. The summed E-state index contributed by atoms with van der Waals surface area (Å²) in [4.78, 5) is 13.7. The number of allylic oxidation sites excluding steroid dienone is 1. The predicted octanol–water partition coefficient (Wildman–Crippen LogP) is 0.773. The second kappa shape index (κ2) is 4.13. The van der Waals surface area contributed by atoms with Gasteiger partial charge in [-0.05, 0) is 19.3 Å². The molecular formula is C11H18N2O. The summed E-state index contributed by atoms with van der Waals surface area (Å²) in [7, 11) is 0. The first-order chi connectivity index (χ1) is 6.79. The summed E-state index contributed by atoms with van der Waals surface area (Å²) in [5, 5.41) is 3.45. The van der Waals surface area contributed by atoms with Crippen LogP contribution in [0.2, 0.25) is 0 Å². The molecule has 0 aromatic rings. The molecule has 2 heterocycles. The topological polar surface area (TPSA) is 32.3 Å². The van der Waals surface area contributed by atoms with Crippen molar-refractivity contribution in [2.75, 3.05) is 19.6 Å². The number of nitrogens with one attached hydrogen (secondary N) is 1. The molecule has 14 heavy (non-hydrogen) atoms. The van der Waals surface area contributed by atoms with Crippen molar-refractivity contribution in [2.45, 2.75) is 25.8 Å². The molecule has 1 amide bonds. The van der Waals surface area contributed by atoms with Gasteiger partial charge in [-0.1, -0.05) is 12.2 Å². The van der Waals surface area contributed by atoms with E-state index < -0.39 is 0 Å². The third-order valence-electron chi connectivity index (χ3n) is 3.11. The first kappa shape index (κ1) is 9.71. The average Bonchev–Trinajstić information content (AvgIpc) is 2.54. The molecule has 2 bridgehead atoms. The number of amides is 1. The Bertz CT molecular complexity index is 238. The largest absolute Gasteiger partial charge is 0.341 e. The van der Waals surface area contributed by atoms with Gasteiger partial charge in [-0.2, -0.15) is 0 Å². The maximum Gasteiger partial charge on any atom is 0.226 e.